The first-order valence-corrected chi connectivity index (χ1v) is 10.9. The van der Waals surface area contributed by atoms with Crippen LogP contribution in [0.1, 0.15) is 33.2 Å². The molecule has 4 rings (SSSR count). The van der Waals surface area contributed by atoms with Crippen molar-refractivity contribution in [1.29, 1.82) is 0 Å². The Morgan fingerprint density at radius 2 is 1.86 bits per heavy atom. The molecule has 1 aromatic carbocycles. The molecule has 1 fully saturated rings. The fourth-order valence-electron chi connectivity index (χ4n) is 4.09. The lowest BCUT2D eigenvalue weighted by atomic mass is 9.97. The maximum atomic E-state index is 15.6. The van der Waals surface area contributed by atoms with E-state index in [9.17, 15) is 18.0 Å². The first-order chi connectivity index (χ1) is 16.5. The van der Waals surface area contributed by atoms with Crippen LogP contribution in [0.5, 0.6) is 0 Å². The molecule has 3 heterocycles. The summed E-state index contributed by atoms with van der Waals surface area (Å²) in [6.45, 7) is 4.68. The summed E-state index contributed by atoms with van der Waals surface area (Å²) in [6, 6.07) is 7.70. The number of alkyl halides is 3. The lowest BCUT2D eigenvalue weighted by Crippen LogP contribution is -2.49. The first kappa shape index (κ1) is 24.6. The minimum atomic E-state index is -4.53. The van der Waals surface area contributed by atoms with Crippen molar-refractivity contribution >= 4 is 11.6 Å². The normalized spacial score (nSPS) is 16.4. The Kier molecular flexibility index (Phi) is 6.79. The molecule has 0 spiro atoms. The molecule has 0 aliphatic carbocycles. The molecule has 2 aromatic heterocycles. The van der Waals surface area contributed by atoms with Crippen molar-refractivity contribution in [3.63, 3.8) is 0 Å². The number of pyridine rings is 1. The van der Waals surface area contributed by atoms with Crippen LogP contribution in [0.3, 0.4) is 0 Å². The number of hydrogen-bond acceptors (Lipinski definition) is 6. The van der Waals surface area contributed by atoms with E-state index in [0.29, 0.717) is 28.3 Å². The minimum absolute atomic E-state index is 0.0671. The van der Waals surface area contributed by atoms with Crippen LogP contribution in [-0.4, -0.2) is 48.0 Å². The van der Waals surface area contributed by atoms with E-state index in [2.05, 4.69) is 15.5 Å². The molecule has 1 aliphatic rings. The second-order valence-electron chi connectivity index (χ2n) is 8.45. The average Bonchev–Trinajstić information content (AvgIpc) is 3.22. The first-order valence-electron chi connectivity index (χ1n) is 10.9. The van der Waals surface area contributed by atoms with Crippen molar-refractivity contribution in [3.8, 4) is 11.1 Å². The molecule has 7 nitrogen and oxygen atoms in total. The highest BCUT2D eigenvalue weighted by Crippen LogP contribution is 2.34. The summed E-state index contributed by atoms with van der Waals surface area (Å²) in [5.74, 6) is -0.688. The lowest BCUT2D eigenvalue weighted by molar-refractivity contribution is -0.221. The summed E-state index contributed by atoms with van der Waals surface area (Å²) in [6.07, 6.45) is -6.50. The molecule has 11 heteroatoms. The fourth-order valence-corrected chi connectivity index (χ4v) is 4.09. The van der Waals surface area contributed by atoms with Crippen LogP contribution in [-0.2, 0) is 11.3 Å². The molecule has 3 aromatic rings. The van der Waals surface area contributed by atoms with Crippen molar-refractivity contribution < 1.29 is 31.6 Å². The van der Waals surface area contributed by atoms with E-state index in [1.807, 2.05) is 0 Å². The Hall–Kier alpha value is -3.47. The fraction of sp³-hybridized carbons (Fsp3) is 0.375. The van der Waals surface area contributed by atoms with E-state index in [-0.39, 0.29) is 36.6 Å². The van der Waals surface area contributed by atoms with Gasteiger partial charge in [0, 0.05) is 41.8 Å². The second-order valence-corrected chi connectivity index (χ2v) is 8.45. The van der Waals surface area contributed by atoms with Gasteiger partial charge in [0.1, 0.15) is 11.6 Å². The lowest BCUT2D eigenvalue weighted by Gasteiger charge is -2.35. The smallest absolute Gasteiger partial charge is 0.366 e. The predicted molar refractivity (Wildman–Crippen MR) is 120 cm³/mol. The van der Waals surface area contributed by atoms with Gasteiger partial charge < -0.3 is 19.5 Å². The van der Waals surface area contributed by atoms with E-state index >= 15 is 4.39 Å². The Morgan fingerprint density at radius 1 is 1.14 bits per heavy atom. The predicted octanol–water partition coefficient (Wildman–Crippen LogP) is 4.50. The van der Waals surface area contributed by atoms with Crippen molar-refractivity contribution in [2.75, 3.05) is 24.6 Å². The third kappa shape index (κ3) is 5.61. The number of nitrogens with one attached hydrogen (secondary N) is 1. The van der Waals surface area contributed by atoms with Crippen LogP contribution in [0.4, 0.5) is 23.2 Å². The zero-order valence-electron chi connectivity index (χ0n) is 19.4. The molecule has 0 unspecified atom stereocenters. The Labute approximate surface area is 199 Å². The van der Waals surface area contributed by atoms with Gasteiger partial charge in [-0.25, -0.2) is 4.39 Å². The number of halogens is 4. The summed E-state index contributed by atoms with van der Waals surface area (Å²) in [5.41, 5.74) is 2.88. The molecular weight excluding hydrogens is 468 g/mol. The largest absolute Gasteiger partial charge is 0.416 e. The second kappa shape index (κ2) is 9.65. The highest BCUT2D eigenvalue weighted by molar-refractivity contribution is 5.92. The van der Waals surface area contributed by atoms with Gasteiger partial charge in [0.05, 0.1) is 13.2 Å². The van der Waals surface area contributed by atoms with Crippen molar-refractivity contribution in [3.05, 3.63) is 64.6 Å². The SMILES string of the molecule is Cc1cc(-c2c(F)cc(N3CCO[C@H](C(F)(F)F)C3)cc2CNC(=O)c2cc(C)on2)cc(C)n1. The van der Waals surface area contributed by atoms with Crippen LogP contribution < -0.4 is 10.2 Å². The molecule has 1 saturated heterocycles. The van der Waals surface area contributed by atoms with E-state index in [4.69, 9.17) is 9.26 Å². The van der Waals surface area contributed by atoms with Crippen molar-refractivity contribution in [2.45, 2.75) is 39.6 Å². The Bertz CT molecular complexity index is 1220. The summed E-state index contributed by atoms with van der Waals surface area (Å²) in [4.78, 5) is 18.3. The molecule has 1 atom stereocenters. The van der Waals surface area contributed by atoms with Gasteiger partial charge in [0.25, 0.3) is 5.91 Å². The summed E-state index contributed by atoms with van der Waals surface area (Å²) in [7, 11) is 0. The minimum Gasteiger partial charge on any atom is -0.366 e. The van der Waals surface area contributed by atoms with Gasteiger partial charge in [-0.05, 0) is 56.2 Å². The van der Waals surface area contributed by atoms with E-state index in [1.54, 1.807) is 39.0 Å². The van der Waals surface area contributed by atoms with Crippen LogP contribution in [0.15, 0.2) is 34.9 Å². The van der Waals surface area contributed by atoms with E-state index < -0.39 is 30.5 Å². The number of benzene rings is 1. The Balaban J connectivity index is 1.71. The number of carbonyl (C=O) groups is 1. The topological polar surface area (TPSA) is 80.5 Å². The van der Waals surface area contributed by atoms with Crippen LogP contribution in [0, 0.1) is 26.6 Å². The van der Waals surface area contributed by atoms with Crippen LogP contribution in [0.2, 0.25) is 0 Å². The quantitative estimate of drug-likeness (QED) is 0.529. The van der Waals surface area contributed by atoms with Crippen molar-refractivity contribution in [2.24, 2.45) is 0 Å². The zero-order chi connectivity index (χ0) is 25.3. The molecule has 186 valence electrons. The molecular formula is C24H24F4N4O3. The summed E-state index contributed by atoms with van der Waals surface area (Å²) in [5, 5.41) is 6.37. The number of aromatic nitrogens is 2. The standard InChI is InChI=1S/C24H24F4N4O3/c1-13-6-16(7-14(2)30-13)22-17(11-29-23(33)20-8-15(3)35-31-20)9-18(10-19(22)25)32-4-5-34-21(12-32)24(26,27)28/h6-10,21H,4-5,11-12H2,1-3H3,(H,29,33)/t21-/m0/s1. The van der Waals surface area contributed by atoms with Gasteiger partial charge in [-0.2, -0.15) is 13.2 Å². The molecule has 1 N–H and O–H groups in total. The number of aryl methyl sites for hydroxylation is 3. The third-order valence-corrected chi connectivity index (χ3v) is 5.62. The molecule has 1 amide bonds. The van der Waals surface area contributed by atoms with Gasteiger partial charge in [-0.1, -0.05) is 5.16 Å². The van der Waals surface area contributed by atoms with Crippen molar-refractivity contribution in [1.82, 2.24) is 15.5 Å². The van der Waals surface area contributed by atoms with Gasteiger partial charge >= 0.3 is 6.18 Å². The monoisotopic (exact) mass is 492 g/mol. The highest BCUT2D eigenvalue weighted by Gasteiger charge is 2.43. The van der Waals surface area contributed by atoms with Crippen LogP contribution in [0.25, 0.3) is 11.1 Å². The number of hydrogen-bond donors (Lipinski definition) is 1. The molecule has 0 radical (unpaired) electrons. The van der Waals surface area contributed by atoms with Gasteiger partial charge in [-0.15, -0.1) is 0 Å². The molecule has 35 heavy (non-hydrogen) atoms. The molecule has 0 saturated carbocycles. The van der Waals surface area contributed by atoms with E-state index in [1.165, 1.54) is 17.0 Å². The maximum Gasteiger partial charge on any atom is 0.416 e. The van der Waals surface area contributed by atoms with E-state index in [0.717, 1.165) is 0 Å². The number of anilines is 1. The van der Waals surface area contributed by atoms with Gasteiger partial charge in [-0.3, -0.25) is 9.78 Å². The number of amides is 1. The molecule has 1 aliphatic heterocycles. The summed E-state index contributed by atoms with van der Waals surface area (Å²) >= 11 is 0. The maximum absolute atomic E-state index is 15.6. The highest BCUT2D eigenvalue weighted by atomic mass is 19.4. The van der Waals surface area contributed by atoms with Gasteiger partial charge in [0.15, 0.2) is 11.8 Å². The third-order valence-electron chi connectivity index (χ3n) is 5.62. The Morgan fingerprint density at radius 3 is 2.49 bits per heavy atom. The number of rotatable bonds is 5. The van der Waals surface area contributed by atoms with Crippen LogP contribution >= 0.6 is 0 Å². The number of nitrogens with zero attached hydrogens (tertiary/aromatic N) is 3. The zero-order valence-corrected chi connectivity index (χ0v) is 19.4. The number of carbonyl (C=O) groups excluding carboxylic acids is 1. The number of ether oxygens (including phenoxy) is 1. The van der Waals surface area contributed by atoms with Gasteiger partial charge in [0.2, 0.25) is 0 Å². The number of morpholine rings is 1. The summed E-state index contributed by atoms with van der Waals surface area (Å²) < 4.78 is 65.0. The molecule has 0 bridgehead atoms. The average molecular weight is 492 g/mol.